The van der Waals surface area contributed by atoms with Gasteiger partial charge in [0, 0.05) is 0 Å². The molecule has 80 valence electrons. The van der Waals surface area contributed by atoms with Crippen LogP contribution >= 0.6 is 11.3 Å². The lowest BCUT2D eigenvalue weighted by Gasteiger charge is -1.98. The summed E-state index contributed by atoms with van der Waals surface area (Å²) in [6, 6.07) is 8.56. The van der Waals surface area contributed by atoms with E-state index in [1.54, 1.807) is 11.3 Å². The predicted molar refractivity (Wildman–Crippen MR) is 68.4 cm³/mol. The van der Waals surface area contributed by atoms with E-state index in [-0.39, 0.29) is 0 Å². The van der Waals surface area contributed by atoms with Gasteiger partial charge < -0.3 is 0 Å². The summed E-state index contributed by atoms with van der Waals surface area (Å²) in [7, 11) is 0. The van der Waals surface area contributed by atoms with Crippen molar-refractivity contribution in [3.05, 3.63) is 41.0 Å². The molecular formula is C13H17NS. The minimum Gasteiger partial charge on any atom is -0.249 e. The Bertz CT molecular complexity index is 401. The van der Waals surface area contributed by atoms with Crippen molar-refractivity contribution in [1.82, 2.24) is 4.98 Å². The van der Waals surface area contributed by atoms with Gasteiger partial charge >= 0.3 is 0 Å². The monoisotopic (exact) mass is 219 g/mol. The second-order valence-corrected chi connectivity index (χ2v) is 3.99. The van der Waals surface area contributed by atoms with Gasteiger partial charge in [-0.25, -0.2) is 4.98 Å². The molecule has 0 saturated carbocycles. The van der Waals surface area contributed by atoms with E-state index in [2.05, 4.69) is 36.2 Å². The van der Waals surface area contributed by atoms with E-state index in [0.29, 0.717) is 0 Å². The minimum absolute atomic E-state index is 1.12. The first-order chi connectivity index (χ1) is 7.27. The Kier molecular flexibility index (Phi) is 4.50. The fourth-order valence-electron chi connectivity index (χ4n) is 1.28. The number of aromatic nitrogens is 1. The molecule has 0 aliphatic heterocycles. The van der Waals surface area contributed by atoms with Crippen molar-refractivity contribution >= 4 is 11.3 Å². The molecule has 1 aromatic heterocycles. The Morgan fingerprint density at radius 2 is 1.60 bits per heavy atom. The van der Waals surface area contributed by atoms with Gasteiger partial charge in [-0.05, 0) is 19.4 Å². The van der Waals surface area contributed by atoms with Crippen LogP contribution in [0.3, 0.4) is 0 Å². The third-order valence-electron chi connectivity index (χ3n) is 2.06. The molecule has 0 fully saturated rings. The van der Waals surface area contributed by atoms with Crippen molar-refractivity contribution in [3.8, 4) is 10.4 Å². The Hall–Kier alpha value is -1.15. The number of hydrogen-bond acceptors (Lipinski definition) is 2. The maximum atomic E-state index is 4.23. The van der Waals surface area contributed by atoms with Gasteiger partial charge in [0.05, 0.1) is 16.1 Å². The van der Waals surface area contributed by atoms with Gasteiger partial charge in [-0.15, -0.1) is 11.3 Å². The first-order valence-electron chi connectivity index (χ1n) is 5.24. The van der Waals surface area contributed by atoms with E-state index in [0.717, 1.165) is 5.69 Å². The molecule has 15 heavy (non-hydrogen) atoms. The van der Waals surface area contributed by atoms with Crippen LogP contribution in [0.25, 0.3) is 10.4 Å². The average Bonchev–Trinajstić information content (AvgIpc) is 2.69. The van der Waals surface area contributed by atoms with Crippen molar-refractivity contribution in [2.24, 2.45) is 0 Å². The summed E-state index contributed by atoms with van der Waals surface area (Å²) in [5.74, 6) is 0. The van der Waals surface area contributed by atoms with Gasteiger partial charge in [0.15, 0.2) is 0 Å². The number of thiazole rings is 1. The second kappa shape index (κ2) is 5.66. The van der Waals surface area contributed by atoms with Crippen LogP contribution in [-0.2, 0) is 0 Å². The fourth-order valence-corrected chi connectivity index (χ4v) is 2.10. The second-order valence-electron chi connectivity index (χ2n) is 3.13. The molecule has 1 nitrogen and oxygen atoms in total. The Morgan fingerprint density at radius 3 is 2.07 bits per heavy atom. The Balaban J connectivity index is 0.000000531. The van der Waals surface area contributed by atoms with Crippen molar-refractivity contribution < 1.29 is 0 Å². The molecule has 2 aromatic rings. The predicted octanol–water partition coefficient (Wildman–Crippen LogP) is 4.45. The molecule has 2 heteroatoms. The van der Waals surface area contributed by atoms with E-state index in [4.69, 9.17) is 0 Å². The summed E-state index contributed by atoms with van der Waals surface area (Å²) in [4.78, 5) is 5.51. The minimum atomic E-state index is 1.12. The summed E-state index contributed by atoms with van der Waals surface area (Å²) < 4.78 is 0. The van der Waals surface area contributed by atoms with Crippen LogP contribution < -0.4 is 0 Å². The van der Waals surface area contributed by atoms with Crippen molar-refractivity contribution in [1.29, 1.82) is 0 Å². The molecule has 0 spiro atoms. The lowest BCUT2D eigenvalue weighted by Crippen LogP contribution is -1.78. The Morgan fingerprint density at radius 1 is 1.00 bits per heavy atom. The third kappa shape index (κ3) is 2.90. The molecule has 0 aliphatic carbocycles. The molecule has 0 bridgehead atoms. The summed E-state index contributed by atoms with van der Waals surface area (Å²) in [5.41, 5.74) is 5.58. The van der Waals surface area contributed by atoms with Crippen LogP contribution in [0.4, 0.5) is 0 Å². The molecule has 0 saturated heterocycles. The molecule has 0 amide bonds. The molecule has 0 atom stereocenters. The fraction of sp³-hybridized carbons (Fsp3) is 0.308. The largest absolute Gasteiger partial charge is 0.249 e. The average molecular weight is 219 g/mol. The maximum Gasteiger partial charge on any atom is 0.0801 e. The van der Waals surface area contributed by atoms with Gasteiger partial charge in [-0.3, -0.25) is 0 Å². The zero-order chi connectivity index (χ0) is 11.3. The zero-order valence-corrected chi connectivity index (χ0v) is 10.6. The lowest BCUT2D eigenvalue weighted by atomic mass is 10.1. The summed E-state index contributed by atoms with van der Waals surface area (Å²) in [6.45, 7) is 8.15. The SMILES string of the molecule is CC.Cc1ccc(-c2scnc2C)cc1. The van der Waals surface area contributed by atoms with E-state index in [1.165, 1.54) is 16.0 Å². The smallest absolute Gasteiger partial charge is 0.0801 e. The number of benzene rings is 1. The summed E-state index contributed by atoms with van der Waals surface area (Å²) in [5, 5.41) is 0. The highest BCUT2D eigenvalue weighted by Gasteiger charge is 2.02. The highest BCUT2D eigenvalue weighted by Crippen LogP contribution is 2.26. The van der Waals surface area contributed by atoms with Crippen LogP contribution in [0, 0.1) is 13.8 Å². The lowest BCUT2D eigenvalue weighted by molar-refractivity contribution is 1.27. The van der Waals surface area contributed by atoms with Crippen molar-refractivity contribution in [2.75, 3.05) is 0 Å². The highest BCUT2D eigenvalue weighted by atomic mass is 32.1. The first kappa shape index (κ1) is 11.9. The molecule has 0 radical (unpaired) electrons. The summed E-state index contributed by atoms with van der Waals surface area (Å²) in [6.07, 6.45) is 0. The van der Waals surface area contributed by atoms with Gasteiger partial charge in [0.2, 0.25) is 0 Å². The van der Waals surface area contributed by atoms with Crippen molar-refractivity contribution in [2.45, 2.75) is 27.7 Å². The van der Waals surface area contributed by atoms with Crippen LogP contribution in [0.1, 0.15) is 25.1 Å². The van der Waals surface area contributed by atoms with Gasteiger partial charge in [-0.1, -0.05) is 43.7 Å². The van der Waals surface area contributed by atoms with Crippen LogP contribution in [0.2, 0.25) is 0 Å². The topological polar surface area (TPSA) is 12.9 Å². The van der Waals surface area contributed by atoms with Gasteiger partial charge in [0.1, 0.15) is 0 Å². The number of rotatable bonds is 1. The van der Waals surface area contributed by atoms with Crippen LogP contribution in [0.5, 0.6) is 0 Å². The molecule has 0 aliphatic rings. The van der Waals surface area contributed by atoms with Crippen LogP contribution in [-0.4, -0.2) is 4.98 Å². The van der Waals surface area contributed by atoms with E-state index >= 15 is 0 Å². The molecule has 1 heterocycles. The normalized spacial score (nSPS) is 9.33. The van der Waals surface area contributed by atoms with Gasteiger partial charge in [0.25, 0.3) is 0 Å². The number of hydrogen-bond donors (Lipinski definition) is 0. The molecular weight excluding hydrogens is 202 g/mol. The van der Waals surface area contributed by atoms with Crippen LogP contribution in [0.15, 0.2) is 29.8 Å². The molecule has 0 unspecified atom stereocenters. The quantitative estimate of drug-likeness (QED) is 0.690. The first-order valence-corrected chi connectivity index (χ1v) is 6.12. The van der Waals surface area contributed by atoms with E-state index in [1.807, 2.05) is 26.3 Å². The Labute approximate surface area is 95.8 Å². The maximum absolute atomic E-state index is 4.23. The number of aryl methyl sites for hydroxylation is 2. The third-order valence-corrected chi connectivity index (χ3v) is 3.04. The zero-order valence-electron chi connectivity index (χ0n) is 9.74. The molecule has 2 rings (SSSR count). The number of nitrogens with zero attached hydrogens (tertiary/aromatic N) is 1. The van der Waals surface area contributed by atoms with Gasteiger partial charge in [-0.2, -0.15) is 0 Å². The molecule has 1 aromatic carbocycles. The van der Waals surface area contributed by atoms with E-state index < -0.39 is 0 Å². The molecule has 0 N–H and O–H groups in total. The van der Waals surface area contributed by atoms with Crippen molar-refractivity contribution in [3.63, 3.8) is 0 Å². The van der Waals surface area contributed by atoms with E-state index in [9.17, 15) is 0 Å². The standard InChI is InChI=1S/C11H11NS.C2H6/c1-8-3-5-10(6-4-8)11-9(2)12-7-13-11;1-2/h3-7H,1-2H3;1-2H3. The summed E-state index contributed by atoms with van der Waals surface area (Å²) >= 11 is 1.70. The highest BCUT2D eigenvalue weighted by molar-refractivity contribution is 7.13.